The lowest BCUT2D eigenvalue weighted by Gasteiger charge is -2.30. The summed E-state index contributed by atoms with van der Waals surface area (Å²) in [7, 11) is 0. The van der Waals surface area contributed by atoms with E-state index in [1.54, 1.807) is 16.7 Å². The van der Waals surface area contributed by atoms with E-state index >= 15 is 0 Å². The highest BCUT2D eigenvalue weighted by Crippen LogP contribution is 2.35. The third-order valence-electron chi connectivity index (χ3n) is 4.37. The van der Waals surface area contributed by atoms with E-state index in [2.05, 4.69) is 6.92 Å². The van der Waals surface area contributed by atoms with Gasteiger partial charge in [-0.2, -0.15) is 0 Å². The number of carboxylic acids is 1. The maximum Gasteiger partial charge on any atom is 0.327 e. The largest absolute Gasteiger partial charge is 0.480 e. The second-order valence-corrected chi connectivity index (χ2v) is 7.08. The highest BCUT2D eigenvalue weighted by molar-refractivity contribution is 8.00. The van der Waals surface area contributed by atoms with Gasteiger partial charge in [0.25, 0.3) is 0 Å². The van der Waals surface area contributed by atoms with Gasteiger partial charge >= 0.3 is 5.97 Å². The first-order valence-corrected chi connectivity index (χ1v) is 8.86. The number of amides is 1. The number of hydrogen-bond donors (Lipinski definition) is 1. The van der Waals surface area contributed by atoms with Crippen molar-refractivity contribution in [3.05, 3.63) is 0 Å². The van der Waals surface area contributed by atoms with Crippen molar-refractivity contribution in [2.24, 2.45) is 5.92 Å². The Morgan fingerprint density at radius 3 is 2.40 bits per heavy atom. The van der Waals surface area contributed by atoms with Crippen molar-refractivity contribution >= 4 is 23.6 Å². The average Bonchev–Trinajstić information content (AvgIpc) is 2.66. The summed E-state index contributed by atoms with van der Waals surface area (Å²) < 4.78 is 0. The molecule has 4 nitrogen and oxygen atoms in total. The van der Waals surface area contributed by atoms with Gasteiger partial charge in [0.05, 0.1) is 5.37 Å². The van der Waals surface area contributed by atoms with Gasteiger partial charge in [0.15, 0.2) is 0 Å². The highest BCUT2D eigenvalue weighted by Gasteiger charge is 2.42. The molecule has 20 heavy (non-hydrogen) atoms. The number of carbonyl (C=O) groups is 2. The van der Waals surface area contributed by atoms with Gasteiger partial charge in [0.1, 0.15) is 6.04 Å². The number of rotatable bonds is 4. The van der Waals surface area contributed by atoms with Gasteiger partial charge < -0.3 is 10.0 Å². The maximum atomic E-state index is 12.8. The van der Waals surface area contributed by atoms with E-state index in [0.29, 0.717) is 5.75 Å². The Hall–Kier alpha value is -0.710. The van der Waals surface area contributed by atoms with Gasteiger partial charge in [-0.3, -0.25) is 4.79 Å². The third-order valence-corrected chi connectivity index (χ3v) is 5.73. The lowest BCUT2D eigenvalue weighted by Crippen LogP contribution is -2.48. The molecular formula is C15H25NO3S. The monoisotopic (exact) mass is 299 g/mol. The minimum absolute atomic E-state index is 0.0532. The Balaban J connectivity index is 2.10. The van der Waals surface area contributed by atoms with Crippen LogP contribution >= 0.6 is 11.8 Å². The summed E-state index contributed by atoms with van der Waals surface area (Å²) in [6.07, 6.45) is 8.38. The molecule has 1 heterocycles. The lowest BCUT2D eigenvalue weighted by atomic mass is 9.97. The topological polar surface area (TPSA) is 57.6 Å². The van der Waals surface area contributed by atoms with Crippen LogP contribution in [0.4, 0.5) is 0 Å². The zero-order valence-corrected chi connectivity index (χ0v) is 13.0. The van der Waals surface area contributed by atoms with E-state index in [1.807, 2.05) is 0 Å². The summed E-state index contributed by atoms with van der Waals surface area (Å²) in [6, 6.07) is -0.618. The fourth-order valence-corrected chi connectivity index (χ4v) is 4.78. The molecule has 1 saturated carbocycles. The molecular weight excluding hydrogens is 274 g/mol. The second kappa shape index (κ2) is 7.34. The summed E-state index contributed by atoms with van der Waals surface area (Å²) >= 11 is 1.63. The maximum absolute atomic E-state index is 12.8. The van der Waals surface area contributed by atoms with Crippen LogP contribution in [0, 0.1) is 5.92 Å². The Morgan fingerprint density at radius 2 is 1.85 bits per heavy atom. The van der Waals surface area contributed by atoms with Crippen molar-refractivity contribution in [1.82, 2.24) is 4.90 Å². The summed E-state index contributed by atoms with van der Waals surface area (Å²) in [5, 5.41) is 9.43. The molecule has 2 atom stereocenters. The van der Waals surface area contributed by atoms with E-state index in [0.717, 1.165) is 38.5 Å². The Labute approximate surface area is 125 Å². The first-order valence-electron chi connectivity index (χ1n) is 7.81. The summed E-state index contributed by atoms with van der Waals surface area (Å²) in [5.74, 6) is -0.156. The van der Waals surface area contributed by atoms with Crippen LogP contribution in [-0.4, -0.2) is 39.1 Å². The van der Waals surface area contributed by atoms with E-state index in [1.165, 1.54) is 12.8 Å². The van der Waals surface area contributed by atoms with Gasteiger partial charge in [-0.1, -0.05) is 39.0 Å². The lowest BCUT2D eigenvalue weighted by molar-refractivity contribution is -0.151. The predicted octanol–water partition coefficient (Wildman–Crippen LogP) is 3.11. The molecule has 1 aliphatic carbocycles. The molecule has 1 N–H and O–H groups in total. The van der Waals surface area contributed by atoms with E-state index in [4.69, 9.17) is 0 Å². The van der Waals surface area contributed by atoms with Gasteiger partial charge in [-0.05, 0) is 19.3 Å². The molecule has 0 aromatic carbocycles. The first kappa shape index (κ1) is 15.7. The fraction of sp³-hybridized carbons (Fsp3) is 0.867. The van der Waals surface area contributed by atoms with Crippen molar-refractivity contribution in [1.29, 1.82) is 0 Å². The summed E-state index contributed by atoms with van der Waals surface area (Å²) in [5.41, 5.74) is 0. The standard InChI is InChI=1S/C15H25NO3S/c1-2-7-13-16(12(10-20-13)15(18)19)14(17)11-8-5-3-4-6-9-11/h11-13H,2-10H2,1H3,(H,18,19). The first-order chi connectivity index (χ1) is 9.65. The molecule has 0 aromatic rings. The quantitative estimate of drug-likeness (QED) is 0.810. The van der Waals surface area contributed by atoms with Gasteiger partial charge in [-0.25, -0.2) is 4.79 Å². The third kappa shape index (κ3) is 3.48. The molecule has 2 aliphatic rings. The van der Waals surface area contributed by atoms with Gasteiger partial charge in [0, 0.05) is 11.7 Å². The Bertz CT molecular complexity index is 353. The van der Waals surface area contributed by atoms with Crippen molar-refractivity contribution < 1.29 is 14.7 Å². The summed E-state index contributed by atoms with van der Waals surface area (Å²) in [4.78, 5) is 25.9. The molecule has 2 rings (SSSR count). The molecule has 2 unspecified atom stereocenters. The molecule has 114 valence electrons. The van der Waals surface area contributed by atoms with Crippen molar-refractivity contribution in [2.75, 3.05) is 5.75 Å². The van der Waals surface area contributed by atoms with Crippen LogP contribution in [0.3, 0.4) is 0 Å². The van der Waals surface area contributed by atoms with Crippen LogP contribution in [0.25, 0.3) is 0 Å². The Kier molecular flexibility index (Phi) is 5.75. The minimum Gasteiger partial charge on any atom is -0.480 e. The molecule has 1 saturated heterocycles. The molecule has 0 aromatic heterocycles. The fourth-order valence-electron chi connectivity index (χ4n) is 3.26. The SMILES string of the molecule is CCCC1SCC(C(=O)O)N1C(=O)C1CCCCCC1. The molecule has 0 bridgehead atoms. The van der Waals surface area contributed by atoms with Gasteiger partial charge in [0.2, 0.25) is 5.91 Å². The van der Waals surface area contributed by atoms with E-state index in [-0.39, 0.29) is 17.2 Å². The van der Waals surface area contributed by atoms with Gasteiger partial charge in [-0.15, -0.1) is 11.8 Å². The summed E-state index contributed by atoms with van der Waals surface area (Å²) in [6.45, 7) is 2.09. The number of hydrogen-bond acceptors (Lipinski definition) is 3. The van der Waals surface area contributed by atoms with Crippen LogP contribution in [0.15, 0.2) is 0 Å². The number of aliphatic carboxylic acids is 1. The van der Waals surface area contributed by atoms with Crippen LogP contribution in [-0.2, 0) is 9.59 Å². The normalized spacial score (nSPS) is 28.4. The number of carbonyl (C=O) groups excluding carboxylic acids is 1. The predicted molar refractivity (Wildman–Crippen MR) is 80.6 cm³/mol. The molecule has 1 amide bonds. The van der Waals surface area contributed by atoms with Crippen molar-refractivity contribution in [3.63, 3.8) is 0 Å². The van der Waals surface area contributed by atoms with Crippen LogP contribution < -0.4 is 0 Å². The molecule has 1 aliphatic heterocycles. The molecule has 2 fully saturated rings. The minimum atomic E-state index is -0.849. The zero-order chi connectivity index (χ0) is 14.5. The van der Waals surface area contributed by atoms with E-state index in [9.17, 15) is 14.7 Å². The average molecular weight is 299 g/mol. The number of thioether (sulfide) groups is 1. The highest BCUT2D eigenvalue weighted by atomic mass is 32.2. The Morgan fingerprint density at radius 1 is 1.20 bits per heavy atom. The molecule has 5 heteroatoms. The number of nitrogens with zero attached hydrogens (tertiary/aromatic N) is 1. The number of carboxylic acid groups (broad SMARTS) is 1. The van der Waals surface area contributed by atoms with Crippen LogP contribution in [0.5, 0.6) is 0 Å². The van der Waals surface area contributed by atoms with Crippen molar-refractivity contribution in [3.8, 4) is 0 Å². The van der Waals surface area contributed by atoms with Crippen LogP contribution in [0.1, 0.15) is 58.3 Å². The second-order valence-electron chi connectivity index (χ2n) is 5.86. The molecule has 0 spiro atoms. The molecule has 0 radical (unpaired) electrons. The van der Waals surface area contributed by atoms with E-state index < -0.39 is 12.0 Å². The van der Waals surface area contributed by atoms with Crippen LogP contribution in [0.2, 0.25) is 0 Å². The van der Waals surface area contributed by atoms with Crippen molar-refractivity contribution in [2.45, 2.75) is 69.7 Å². The smallest absolute Gasteiger partial charge is 0.327 e. The zero-order valence-electron chi connectivity index (χ0n) is 12.2.